The highest BCUT2D eigenvalue weighted by Crippen LogP contribution is 2.40. The van der Waals surface area contributed by atoms with Crippen LogP contribution in [0.5, 0.6) is 0 Å². The zero-order valence-electron chi connectivity index (χ0n) is 17.8. The first-order chi connectivity index (χ1) is 12.2. The number of hydrogen-bond donors (Lipinski definition) is 0. The van der Waals surface area contributed by atoms with Gasteiger partial charge in [-0.05, 0) is 29.8 Å². The molecule has 0 N–H and O–H groups in total. The van der Waals surface area contributed by atoms with Crippen LogP contribution in [-0.2, 0) is 10.8 Å². The van der Waals surface area contributed by atoms with Crippen LogP contribution < -0.4 is 0 Å². The second kappa shape index (κ2) is 6.14. The second-order valence-electron chi connectivity index (χ2n) is 10.2. The molecule has 0 bridgehead atoms. The van der Waals surface area contributed by atoms with Crippen LogP contribution >= 0.6 is 0 Å². The molecule has 0 saturated heterocycles. The van der Waals surface area contributed by atoms with Crippen LogP contribution in [-0.4, -0.2) is 30.7 Å². The Morgan fingerprint density at radius 2 is 1.78 bits per heavy atom. The molecule has 0 aliphatic heterocycles. The third-order valence-electron chi connectivity index (χ3n) is 5.97. The zero-order chi connectivity index (χ0) is 20.4. The van der Waals surface area contributed by atoms with Crippen LogP contribution in [0.15, 0.2) is 24.4 Å². The average molecular weight is 386 g/mol. The summed E-state index contributed by atoms with van der Waals surface area (Å²) < 4.78 is 8.19. The van der Waals surface area contributed by atoms with E-state index in [0.29, 0.717) is 12.0 Å². The summed E-state index contributed by atoms with van der Waals surface area (Å²) in [6.45, 7) is 16.6. The second-order valence-corrected chi connectivity index (χ2v) is 15.0. The summed E-state index contributed by atoms with van der Waals surface area (Å²) in [5.41, 5.74) is 2.04. The number of ketones is 1. The first kappa shape index (κ1) is 20.0. The number of carbonyl (C=O) groups is 2. The minimum atomic E-state index is -2.08. The quantitative estimate of drug-likeness (QED) is 0.645. The van der Waals surface area contributed by atoms with Gasteiger partial charge in [-0.1, -0.05) is 53.7 Å². The van der Waals surface area contributed by atoms with E-state index in [9.17, 15) is 9.59 Å². The van der Waals surface area contributed by atoms with Gasteiger partial charge in [-0.25, -0.2) is 0 Å². The Bertz CT molecular complexity index is 925. The van der Waals surface area contributed by atoms with E-state index >= 15 is 0 Å². The molecule has 3 rings (SSSR count). The lowest BCUT2D eigenvalue weighted by molar-refractivity contribution is 0.0763. The Morgan fingerprint density at radius 1 is 1.15 bits per heavy atom. The highest BCUT2D eigenvalue weighted by atomic mass is 28.4. The molecule has 2 aromatic rings. The Hall–Kier alpha value is -1.72. The predicted molar refractivity (Wildman–Crippen MR) is 112 cm³/mol. The van der Waals surface area contributed by atoms with Gasteiger partial charge in [0, 0.05) is 29.0 Å². The molecule has 5 heteroatoms. The normalized spacial score (nSPS) is 18.2. The lowest BCUT2D eigenvalue weighted by Crippen LogP contribution is -2.47. The van der Waals surface area contributed by atoms with E-state index in [2.05, 4.69) is 33.9 Å². The highest BCUT2D eigenvalue weighted by molar-refractivity contribution is 6.74. The minimum Gasteiger partial charge on any atom is -0.406 e. The first-order valence-electron chi connectivity index (χ1n) is 9.64. The monoisotopic (exact) mass is 385 g/mol. The van der Waals surface area contributed by atoms with Crippen molar-refractivity contribution in [1.29, 1.82) is 0 Å². The molecule has 1 unspecified atom stereocenters. The summed E-state index contributed by atoms with van der Waals surface area (Å²) in [5, 5.41) is 0.948. The SMILES string of the molecule is CC(C)(C)C(=O)n1cc2c3c(cccc31)C(=O)C(O[Si](C)(C)C(C)(C)C)C2. The Morgan fingerprint density at radius 3 is 2.33 bits per heavy atom. The number of aromatic nitrogens is 1. The Labute approximate surface area is 163 Å². The van der Waals surface area contributed by atoms with Gasteiger partial charge in [0.15, 0.2) is 14.1 Å². The van der Waals surface area contributed by atoms with E-state index in [4.69, 9.17) is 4.43 Å². The van der Waals surface area contributed by atoms with Gasteiger partial charge >= 0.3 is 0 Å². The summed E-state index contributed by atoms with van der Waals surface area (Å²) in [4.78, 5) is 26.1. The van der Waals surface area contributed by atoms with Crippen molar-refractivity contribution in [3.05, 3.63) is 35.5 Å². The molecule has 4 nitrogen and oxygen atoms in total. The topological polar surface area (TPSA) is 48.3 Å². The molecule has 0 radical (unpaired) electrons. The van der Waals surface area contributed by atoms with Gasteiger partial charge in [-0.2, -0.15) is 0 Å². The molecule has 1 aromatic carbocycles. The van der Waals surface area contributed by atoms with Crippen molar-refractivity contribution in [3.8, 4) is 0 Å². The van der Waals surface area contributed by atoms with Gasteiger partial charge in [0.05, 0.1) is 5.52 Å². The molecule has 1 heterocycles. The maximum absolute atomic E-state index is 13.2. The summed E-state index contributed by atoms with van der Waals surface area (Å²) >= 11 is 0. The van der Waals surface area contributed by atoms with E-state index < -0.39 is 19.8 Å². The van der Waals surface area contributed by atoms with Crippen LogP contribution in [0.2, 0.25) is 18.1 Å². The van der Waals surface area contributed by atoms with Gasteiger partial charge in [0.1, 0.15) is 6.10 Å². The van der Waals surface area contributed by atoms with E-state index in [-0.39, 0.29) is 16.7 Å². The third kappa shape index (κ3) is 3.32. The number of carbonyl (C=O) groups excluding carboxylic acids is 2. The molecular weight excluding hydrogens is 354 g/mol. The fraction of sp³-hybridized carbons (Fsp3) is 0.545. The molecule has 0 amide bonds. The summed E-state index contributed by atoms with van der Waals surface area (Å²) in [7, 11) is -2.08. The van der Waals surface area contributed by atoms with Crippen molar-refractivity contribution in [2.45, 2.75) is 72.2 Å². The van der Waals surface area contributed by atoms with Crippen LogP contribution in [0.4, 0.5) is 0 Å². The van der Waals surface area contributed by atoms with Crippen molar-refractivity contribution in [1.82, 2.24) is 4.57 Å². The number of rotatable bonds is 2. The first-order valence-corrected chi connectivity index (χ1v) is 12.5. The molecule has 27 heavy (non-hydrogen) atoms. The van der Waals surface area contributed by atoms with Gasteiger partial charge < -0.3 is 4.43 Å². The summed E-state index contributed by atoms with van der Waals surface area (Å²) in [5.74, 6) is 0.0750. The fourth-order valence-electron chi connectivity index (χ4n) is 3.35. The molecule has 1 aliphatic rings. The summed E-state index contributed by atoms with van der Waals surface area (Å²) in [6, 6.07) is 5.65. The van der Waals surface area contributed by atoms with E-state index in [1.807, 2.05) is 45.2 Å². The van der Waals surface area contributed by atoms with Crippen molar-refractivity contribution in [3.63, 3.8) is 0 Å². The lowest BCUT2D eigenvalue weighted by Gasteiger charge is -2.39. The van der Waals surface area contributed by atoms with E-state index in [0.717, 1.165) is 16.5 Å². The molecular formula is C22H31NO3Si. The van der Waals surface area contributed by atoms with Gasteiger partial charge in [0.25, 0.3) is 0 Å². The maximum Gasteiger partial charge on any atom is 0.236 e. The van der Waals surface area contributed by atoms with Crippen LogP contribution in [0.3, 0.4) is 0 Å². The molecule has 0 saturated carbocycles. The van der Waals surface area contributed by atoms with Gasteiger partial charge in [0.2, 0.25) is 5.91 Å². The smallest absolute Gasteiger partial charge is 0.236 e. The largest absolute Gasteiger partial charge is 0.406 e. The van der Waals surface area contributed by atoms with Crippen molar-refractivity contribution in [2.75, 3.05) is 0 Å². The number of benzene rings is 1. The minimum absolute atomic E-state index is 0.0344. The highest BCUT2D eigenvalue weighted by Gasteiger charge is 2.42. The van der Waals surface area contributed by atoms with E-state index in [1.165, 1.54) is 0 Å². The van der Waals surface area contributed by atoms with Crippen molar-refractivity contribution < 1.29 is 14.0 Å². The third-order valence-corrected chi connectivity index (χ3v) is 10.5. The number of hydrogen-bond acceptors (Lipinski definition) is 3. The molecule has 0 spiro atoms. The number of Topliss-reactive ketones (excluding diaryl/α,β-unsaturated/α-hetero) is 1. The molecule has 1 atom stereocenters. The average Bonchev–Trinajstić information content (AvgIpc) is 2.88. The van der Waals surface area contributed by atoms with Gasteiger partial charge in [-0.15, -0.1) is 0 Å². The zero-order valence-corrected chi connectivity index (χ0v) is 18.8. The standard InChI is InChI=1S/C22H31NO3Si/c1-21(2,3)20(25)23-13-14-12-17(26-27(7,8)22(4,5)6)19(24)15-10-9-11-16(23)18(14)15/h9-11,13,17H,12H2,1-8H3. The lowest BCUT2D eigenvalue weighted by atomic mass is 9.90. The van der Waals surface area contributed by atoms with E-state index in [1.54, 1.807) is 4.57 Å². The molecule has 146 valence electrons. The van der Waals surface area contributed by atoms with Gasteiger partial charge in [-0.3, -0.25) is 14.2 Å². The van der Waals surface area contributed by atoms with Crippen LogP contribution in [0.1, 0.15) is 62.3 Å². The predicted octanol–water partition coefficient (Wildman–Crippen LogP) is 5.46. The van der Waals surface area contributed by atoms with Crippen LogP contribution in [0.25, 0.3) is 10.9 Å². The molecule has 1 aromatic heterocycles. The fourth-order valence-corrected chi connectivity index (χ4v) is 4.61. The molecule has 0 fully saturated rings. The molecule has 1 aliphatic carbocycles. The Kier molecular flexibility index (Phi) is 4.55. The van der Waals surface area contributed by atoms with Crippen molar-refractivity contribution in [2.24, 2.45) is 5.41 Å². The number of nitrogens with zero attached hydrogens (tertiary/aromatic N) is 1. The Balaban J connectivity index is 2.07. The van der Waals surface area contributed by atoms with Crippen molar-refractivity contribution >= 4 is 30.9 Å². The summed E-state index contributed by atoms with van der Waals surface area (Å²) in [6.07, 6.45) is 1.98. The maximum atomic E-state index is 13.2. The van der Waals surface area contributed by atoms with Crippen LogP contribution in [0, 0.1) is 5.41 Å².